The highest BCUT2D eigenvalue weighted by atomic mass is 16.8. The molecular weight excluding hydrogens is 852 g/mol. The van der Waals surface area contributed by atoms with Crippen LogP contribution >= 0.6 is 0 Å². The predicted octanol–water partition coefficient (Wildman–Crippen LogP) is 1.66. The molecule has 0 amide bonds. The van der Waals surface area contributed by atoms with Gasteiger partial charge in [0.1, 0.15) is 41.2 Å². The van der Waals surface area contributed by atoms with Crippen molar-refractivity contribution in [1.82, 2.24) is 0 Å². The monoisotopic (exact) mass is 929 g/mol. The zero-order valence-corrected chi connectivity index (χ0v) is 39.4. The number of ether oxygens (including phenoxy) is 10. The van der Waals surface area contributed by atoms with Crippen molar-refractivity contribution >= 4 is 5.78 Å². The molecule has 0 aromatic carbocycles. The Morgan fingerprint density at radius 2 is 1.17 bits per heavy atom. The number of fused-ring (bicyclic) bond motifs is 5. The highest BCUT2D eigenvalue weighted by molar-refractivity contribution is 5.87. The number of hydrogen-bond acceptors (Lipinski definition) is 18. The highest BCUT2D eigenvalue weighted by Crippen LogP contribution is 2.70. The van der Waals surface area contributed by atoms with Crippen molar-refractivity contribution in [2.24, 2.45) is 16.7 Å². The minimum atomic E-state index is -1.96. The molecule has 18 nitrogen and oxygen atoms in total. The second kappa shape index (κ2) is 18.5. The summed E-state index contributed by atoms with van der Waals surface area (Å²) in [4.78, 5) is 12.8. The maximum absolute atomic E-state index is 12.8. The van der Waals surface area contributed by atoms with Gasteiger partial charge in [-0.05, 0) is 85.0 Å². The van der Waals surface area contributed by atoms with Gasteiger partial charge in [0.05, 0.1) is 66.5 Å². The number of carbonyl (C=O) groups excluding carboxylic acids is 1. The molecule has 8 rings (SSSR count). The first kappa shape index (κ1) is 50.1. The van der Waals surface area contributed by atoms with E-state index in [0.29, 0.717) is 32.1 Å². The zero-order valence-electron chi connectivity index (χ0n) is 39.4. The minimum Gasteiger partial charge on any atom is -0.392 e. The molecule has 7 fully saturated rings. The summed E-state index contributed by atoms with van der Waals surface area (Å²) in [6.07, 6.45) is -7.35. The zero-order chi connectivity index (χ0) is 47.2. The van der Waals surface area contributed by atoms with E-state index in [2.05, 4.69) is 6.92 Å². The van der Waals surface area contributed by atoms with E-state index < -0.39 is 144 Å². The normalized spacial score (nSPS) is 54.8. The van der Waals surface area contributed by atoms with Crippen LogP contribution in [0.15, 0.2) is 11.6 Å². The summed E-state index contributed by atoms with van der Waals surface area (Å²) >= 11 is 0. The van der Waals surface area contributed by atoms with Crippen LogP contribution in [0, 0.1) is 16.7 Å². The van der Waals surface area contributed by atoms with Gasteiger partial charge in [-0.2, -0.15) is 0 Å². The molecule has 7 N–H and O–H groups in total. The Morgan fingerprint density at radius 3 is 1.72 bits per heavy atom. The molecule has 8 aliphatic rings. The number of ketones is 1. The minimum absolute atomic E-state index is 0.00917. The second-order valence-corrected chi connectivity index (χ2v) is 21.1. The van der Waals surface area contributed by atoms with Crippen molar-refractivity contribution in [2.75, 3.05) is 14.2 Å². The van der Waals surface area contributed by atoms with Crippen LogP contribution in [0.1, 0.15) is 119 Å². The third-order valence-corrected chi connectivity index (χ3v) is 17.6. The summed E-state index contributed by atoms with van der Waals surface area (Å²) < 4.78 is 61.3. The Balaban J connectivity index is 0.823. The predicted molar refractivity (Wildman–Crippen MR) is 227 cm³/mol. The van der Waals surface area contributed by atoms with Crippen molar-refractivity contribution in [2.45, 2.75) is 247 Å². The lowest BCUT2D eigenvalue weighted by atomic mass is 9.42. The first-order chi connectivity index (χ1) is 30.5. The molecule has 65 heavy (non-hydrogen) atoms. The molecule has 0 aromatic rings. The van der Waals surface area contributed by atoms with Gasteiger partial charge in [-0.1, -0.05) is 25.5 Å². The van der Waals surface area contributed by atoms with E-state index in [-0.39, 0.29) is 44.6 Å². The summed E-state index contributed by atoms with van der Waals surface area (Å²) in [5.74, 6) is -1.05. The van der Waals surface area contributed by atoms with Crippen molar-refractivity contribution in [3.63, 3.8) is 0 Å². The third-order valence-electron chi connectivity index (χ3n) is 17.6. The van der Waals surface area contributed by atoms with Crippen molar-refractivity contribution in [3.05, 3.63) is 11.6 Å². The van der Waals surface area contributed by atoms with Gasteiger partial charge in [-0.3, -0.25) is 4.79 Å². The van der Waals surface area contributed by atoms with Gasteiger partial charge in [0, 0.05) is 45.8 Å². The molecule has 0 spiro atoms. The standard InChI is InChI=1S/C47H76O18/c1-22-39(52)31(56-8)19-37(58-22)65-42-25(4)61-38(20-32(42)57-9)64-41-24(3)60-36(18-30(41)50)63-40-23(2)59-35(17-29(40)49)62-28-11-12-43(6)27(16-28)10-13-46(54)33(43)21-34(51)44(7)45(53,26(5)48)14-15-47(44,46)55/h10,22-25,28-42,49-55H,11-21H2,1-9H3/t22-,23-,24-,25+,28+,29+,30+,31+,32-,33-,34-,35+,36+,37+,38+,39-,40-,41-,42+,43+,44-,45-,46+,47-/m1/s1. The van der Waals surface area contributed by atoms with Gasteiger partial charge in [-0.25, -0.2) is 0 Å². The lowest BCUT2D eigenvalue weighted by molar-refractivity contribution is -0.345. The number of aliphatic hydroxyl groups excluding tert-OH is 4. The summed E-state index contributed by atoms with van der Waals surface area (Å²) in [6.45, 7) is 12.1. The van der Waals surface area contributed by atoms with Crippen LogP contribution in [0.5, 0.6) is 0 Å². The fourth-order valence-electron chi connectivity index (χ4n) is 13.5. The lowest BCUT2D eigenvalue weighted by Crippen LogP contribution is -2.78. The molecule has 24 atom stereocenters. The van der Waals surface area contributed by atoms with Gasteiger partial charge in [0.15, 0.2) is 30.9 Å². The number of methoxy groups -OCH3 is 2. The van der Waals surface area contributed by atoms with Crippen LogP contribution in [-0.4, -0.2) is 183 Å². The maximum Gasteiger partial charge on any atom is 0.162 e. The Labute approximate surface area is 382 Å². The van der Waals surface area contributed by atoms with Gasteiger partial charge < -0.3 is 83.1 Å². The van der Waals surface area contributed by atoms with Crippen molar-refractivity contribution in [3.8, 4) is 0 Å². The highest BCUT2D eigenvalue weighted by Gasteiger charge is 2.80. The first-order valence-electron chi connectivity index (χ1n) is 23.9. The second-order valence-electron chi connectivity index (χ2n) is 21.1. The van der Waals surface area contributed by atoms with Crippen LogP contribution < -0.4 is 0 Å². The van der Waals surface area contributed by atoms with Gasteiger partial charge in [0.25, 0.3) is 0 Å². The molecule has 4 saturated heterocycles. The first-order valence-corrected chi connectivity index (χ1v) is 23.9. The van der Waals surface area contributed by atoms with E-state index in [4.69, 9.17) is 47.4 Å². The number of aliphatic hydroxyl groups is 7. The lowest BCUT2D eigenvalue weighted by Gasteiger charge is -2.66. The van der Waals surface area contributed by atoms with Gasteiger partial charge in [-0.15, -0.1) is 0 Å². The Morgan fingerprint density at radius 1 is 0.662 bits per heavy atom. The average molecular weight is 929 g/mol. The molecule has 4 aliphatic carbocycles. The number of carbonyl (C=O) groups is 1. The third kappa shape index (κ3) is 8.32. The summed E-state index contributed by atoms with van der Waals surface area (Å²) in [6, 6.07) is 0. The Hall–Kier alpha value is -1.27. The summed E-state index contributed by atoms with van der Waals surface area (Å²) in [7, 11) is 3.14. The average Bonchev–Trinajstić information content (AvgIpc) is 3.48. The SMILES string of the molecule is CO[C@H]1C[C@H](O[C@H]2[C@H](C)O[C@@H](O[C@H]3[C@@H](O)C[C@H](O[C@H]4[C@@H](O)C[C@H](O[C@H]5CC[C@@]6(C)C(=CC[C@]7(O)[C@@H]6C[C@@H](O)[C@@]6(C)[C@]7(O)CC[C@@]6(O)C(C)=O)C5)O[C@@H]4C)O[C@@H]3C)C[C@H]2OC)O[C@H](C)[C@H]1O. The number of hydrogen-bond donors (Lipinski definition) is 7. The van der Waals surface area contributed by atoms with Crippen molar-refractivity contribution in [1.29, 1.82) is 0 Å². The van der Waals surface area contributed by atoms with Crippen LogP contribution in [-0.2, 0) is 52.2 Å². The molecule has 4 heterocycles. The summed E-state index contributed by atoms with van der Waals surface area (Å²) in [5, 5.41) is 81.2. The van der Waals surface area contributed by atoms with E-state index in [1.54, 1.807) is 41.9 Å². The largest absolute Gasteiger partial charge is 0.392 e. The Bertz CT molecular complexity index is 1710. The number of Topliss-reactive ketones (excluding diaryl/α,β-unsaturated/α-hetero) is 1. The smallest absolute Gasteiger partial charge is 0.162 e. The van der Waals surface area contributed by atoms with Crippen LogP contribution in [0.3, 0.4) is 0 Å². The summed E-state index contributed by atoms with van der Waals surface area (Å²) in [5.41, 5.74) is -6.67. The van der Waals surface area contributed by atoms with E-state index in [9.17, 15) is 40.5 Å². The molecule has 18 heteroatoms. The maximum atomic E-state index is 12.8. The molecule has 3 saturated carbocycles. The Kier molecular flexibility index (Phi) is 14.3. The molecule has 372 valence electrons. The van der Waals surface area contributed by atoms with Crippen molar-refractivity contribution < 1.29 is 87.9 Å². The van der Waals surface area contributed by atoms with E-state index in [0.717, 1.165) is 5.57 Å². The fraction of sp³-hybridized carbons (Fsp3) is 0.936. The van der Waals surface area contributed by atoms with Crippen LogP contribution in [0.4, 0.5) is 0 Å². The molecule has 0 aromatic heterocycles. The van der Waals surface area contributed by atoms with E-state index >= 15 is 0 Å². The molecule has 0 unspecified atom stereocenters. The van der Waals surface area contributed by atoms with E-state index in [1.807, 2.05) is 13.0 Å². The number of rotatable bonds is 11. The fourth-order valence-corrected chi connectivity index (χ4v) is 13.5. The molecule has 0 bridgehead atoms. The van der Waals surface area contributed by atoms with Gasteiger partial charge in [0.2, 0.25) is 0 Å². The van der Waals surface area contributed by atoms with E-state index in [1.165, 1.54) is 6.92 Å². The molecule has 0 radical (unpaired) electrons. The van der Waals surface area contributed by atoms with Crippen LogP contribution in [0.2, 0.25) is 0 Å². The van der Waals surface area contributed by atoms with Crippen LogP contribution in [0.25, 0.3) is 0 Å². The topological polar surface area (TPSA) is 251 Å². The molecule has 4 aliphatic heterocycles. The molecular formula is C47H76O18. The quantitative estimate of drug-likeness (QED) is 0.146. The van der Waals surface area contributed by atoms with Gasteiger partial charge >= 0.3 is 0 Å².